The average Bonchev–Trinajstić information content (AvgIpc) is 2.47. The van der Waals surface area contributed by atoms with Crippen molar-refractivity contribution in [3.05, 3.63) is 29.8 Å². The Balaban J connectivity index is 1.95. The van der Waals surface area contributed by atoms with Crippen LogP contribution in [0.5, 0.6) is 0 Å². The summed E-state index contributed by atoms with van der Waals surface area (Å²) in [5, 5.41) is 3.24. The molecule has 5 heteroatoms. The topological polar surface area (TPSA) is 15.3 Å². The van der Waals surface area contributed by atoms with Crippen LogP contribution >= 0.6 is 0 Å². The first-order valence-corrected chi connectivity index (χ1v) is 7.56. The van der Waals surface area contributed by atoms with Gasteiger partial charge in [0, 0.05) is 11.7 Å². The van der Waals surface area contributed by atoms with Crippen LogP contribution in [0.25, 0.3) is 0 Å². The zero-order valence-electron chi connectivity index (χ0n) is 12.6. The van der Waals surface area contributed by atoms with Crippen LogP contribution in [0, 0.1) is 5.92 Å². The molecule has 21 heavy (non-hydrogen) atoms. The summed E-state index contributed by atoms with van der Waals surface area (Å²) in [5.41, 5.74) is -0.0456. The van der Waals surface area contributed by atoms with E-state index >= 15 is 0 Å². The van der Waals surface area contributed by atoms with Crippen LogP contribution in [0.2, 0.25) is 0 Å². The fraction of sp³-hybridized carbons (Fsp3) is 0.625. The second kappa shape index (κ2) is 6.69. The molecule has 1 fully saturated rings. The van der Waals surface area contributed by atoms with Crippen LogP contribution in [0.15, 0.2) is 24.3 Å². The molecule has 1 saturated heterocycles. The molecular formula is C16H23F3N2. The number of benzene rings is 1. The standard InChI is InChI=1S/C16H23F3N2/c1-3-21-9-7-13(8-10-21)12(2)20-15-6-4-5-14(11-15)16(17,18)19/h4-6,11-13,20H,3,7-10H2,1-2H3. The summed E-state index contributed by atoms with van der Waals surface area (Å²) in [6.07, 6.45) is -2.09. The van der Waals surface area contributed by atoms with E-state index < -0.39 is 11.7 Å². The number of hydrogen-bond donors (Lipinski definition) is 1. The molecule has 0 aliphatic carbocycles. The summed E-state index contributed by atoms with van der Waals surface area (Å²) >= 11 is 0. The molecule has 0 aromatic heterocycles. The summed E-state index contributed by atoms with van der Waals surface area (Å²) in [5.74, 6) is 0.516. The van der Waals surface area contributed by atoms with Crippen LogP contribution in [0.4, 0.5) is 18.9 Å². The minimum atomic E-state index is -4.28. The lowest BCUT2D eigenvalue weighted by Gasteiger charge is -2.35. The minimum Gasteiger partial charge on any atom is -0.382 e. The zero-order valence-corrected chi connectivity index (χ0v) is 12.6. The number of anilines is 1. The van der Waals surface area contributed by atoms with E-state index in [1.807, 2.05) is 0 Å². The Hall–Kier alpha value is -1.23. The number of alkyl halides is 3. The predicted molar refractivity (Wildman–Crippen MR) is 79.4 cm³/mol. The normalized spacial score (nSPS) is 19.5. The highest BCUT2D eigenvalue weighted by atomic mass is 19.4. The number of nitrogens with zero attached hydrogens (tertiary/aromatic N) is 1. The molecule has 1 aromatic rings. The highest BCUT2D eigenvalue weighted by Gasteiger charge is 2.30. The molecule has 1 aromatic carbocycles. The molecule has 0 bridgehead atoms. The predicted octanol–water partition coefficient (Wildman–Crippen LogP) is 4.24. The van der Waals surface area contributed by atoms with Crippen molar-refractivity contribution in [1.29, 1.82) is 0 Å². The van der Waals surface area contributed by atoms with Gasteiger partial charge in [0.15, 0.2) is 0 Å². The number of nitrogens with one attached hydrogen (secondary N) is 1. The quantitative estimate of drug-likeness (QED) is 0.895. The largest absolute Gasteiger partial charge is 0.416 e. The van der Waals surface area contributed by atoms with Gasteiger partial charge in [-0.05, 0) is 63.5 Å². The average molecular weight is 300 g/mol. The molecule has 2 nitrogen and oxygen atoms in total. The molecule has 0 saturated carbocycles. The maximum Gasteiger partial charge on any atom is 0.416 e. The van der Waals surface area contributed by atoms with Crippen molar-refractivity contribution in [2.45, 2.75) is 38.9 Å². The van der Waals surface area contributed by atoms with Gasteiger partial charge in [-0.25, -0.2) is 0 Å². The summed E-state index contributed by atoms with van der Waals surface area (Å²) in [6, 6.07) is 5.64. The van der Waals surface area contributed by atoms with E-state index in [4.69, 9.17) is 0 Å². The highest BCUT2D eigenvalue weighted by molar-refractivity contribution is 5.47. The number of halogens is 3. The second-order valence-electron chi connectivity index (χ2n) is 5.78. The lowest BCUT2D eigenvalue weighted by Crippen LogP contribution is -2.39. The third-order valence-corrected chi connectivity index (χ3v) is 4.37. The van der Waals surface area contributed by atoms with Crippen molar-refractivity contribution < 1.29 is 13.2 Å². The van der Waals surface area contributed by atoms with Crippen molar-refractivity contribution in [1.82, 2.24) is 4.90 Å². The summed E-state index contributed by atoms with van der Waals surface area (Å²) in [7, 11) is 0. The first-order valence-electron chi connectivity index (χ1n) is 7.56. The molecule has 2 rings (SSSR count). The Labute approximate surface area is 124 Å². The van der Waals surface area contributed by atoms with Crippen molar-refractivity contribution in [2.24, 2.45) is 5.92 Å². The fourth-order valence-corrected chi connectivity index (χ4v) is 2.94. The van der Waals surface area contributed by atoms with Gasteiger partial charge in [-0.15, -0.1) is 0 Å². The molecule has 1 heterocycles. The van der Waals surface area contributed by atoms with Gasteiger partial charge in [0.05, 0.1) is 5.56 Å². The molecule has 1 atom stereocenters. The monoisotopic (exact) mass is 300 g/mol. The van der Waals surface area contributed by atoms with Crippen molar-refractivity contribution in [2.75, 3.05) is 25.0 Å². The van der Waals surface area contributed by atoms with Gasteiger partial charge in [0.1, 0.15) is 0 Å². The third kappa shape index (κ3) is 4.37. The minimum absolute atomic E-state index is 0.187. The first-order chi connectivity index (χ1) is 9.90. The Morgan fingerprint density at radius 1 is 1.29 bits per heavy atom. The molecule has 0 radical (unpaired) electrons. The fourth-order valence-electron chi connectivity index (χ4n) is 2.94. The Kier molecular flexibility index (Phi) is 5.14. The molecule has 1 aliphatic heterocycles. The lowest BCUT2D eigenvalue weighted by molar-refractivity contribution is -0.137. The number of likely N-dealkylation sites (tertiary alicyclic amines) is 1. The van der Waals surface area contributed by atoms with Gasteiger partial charge in [-0.1, -0.05) is 13.0 Å². The molecule has 0 amide bonds. The van der Waals surface area contributed by atoms with E-state index in [2.05, 4.69) is 24.1 Å². The van der Waals surface area contributed by atoms with E-state index in [0.29, 0.717) is 11.6 Å². The van der Waals surface area contributed by atoms with E-state index in [9.17, 15) is 13.2 Å². The highest BCUT2D eigenvalue weighted by Crippen LogP contribution is 2.31. The SMILES string of the molecule is CCN1CCC(C(C)Nc2cccc(C(F)(F)F)c2)CC1. The number of piperidine rings is 1. The first kappa shape index (κ1) is 16.1. The van der Waals surface area contributed by atoms with Crippen molar-refractivity contribution in [3.63, 3.8) is 0 Å². The number of rotatable bonds is 4. The zero-order chi connectivity index (χ0) is 15.5. The van der Waals surface area contributed by atoms with Crippen LogP contribution in [-0.2, 0) is 6.18 Å². The Morgan fingerprint density at radius 2 is 1.95 bits per heavy atom. The molecule has 118 valence electrons. The smallest absolute Gasteiger partial charge is 0.382 e. The van der Waals surface area contributed by atoms with Gasteiger partial charge in [-0.2, -0.15) is 13.2 Å². The summed E-state index contributed by atoms with van der Waals surface area (Å²) < 4.78 is 38.1. The Bertz CT molecular complexity index is 451. The molecular weight excluding hydrogens is 277 g/mol. The van der Waals surface area contributed by atoms with E-state index in [1.165, 1.54) is 12.1 Å². The van der Waals surface area contributed by atoms with Crippen LogP contribution in [0.1, 0.15) is 32.3 Å². The summed E-state index contributed by atoms with van der Waals surface area (Å²) in [4.78, 5) is 2.41. The van der Waals surface area contributed by atoms with Crippen LogP contribution in [0.3, 0.4) is 0 Å². The second-order valence-corrected chi connectivity index (χ2v) is 5.78. The molecule has 1 N–H and O–H groups in total. The van der Waals surface area contributed by atoms with Crippen LogP contribution in [-0.4, -0.2) is 30.6 Å². The molecule has 1 aliphatic rings. The Morgan fingerprint density at radius 3 is 2.52 bits per heavy atom. The van der Waals surface area contributed by atoms with Gasteiger partial charge >= 0.3 is 6.18 Å². The van der Waals surface area contributed by atoms with Crippen molar-refractivity contribution in [3.8, 4) is 0 Å². The van der Waals surface area contributed by atoms with E-state index in [1.54, 1.807) is 6.07 Å². The lowest BCUT2D eigenvalue weighted by atomic mass is 9.90. The third-order valence-electron chi connectivity index (χ3n) is 4.37. The van der Waals surface area contributed by atoms with Crippen molar-refractivity contribution >= 4 is 5.69 Å². The van der Waals surface area contributed by atoms with Crippen LogP contribution < -0.4 is 5.32 Å². The van der Waals surface area contributed by atoms with Gasteiger partial charge in [0.2, 0.25) is 0 Å². The van der Waals surface area contributed by atoms with Gasteiger partial charge < -0.3 is 10.2 Å². The van der Waals surface area contributed by atoms with Gasteiger partial charge in [0.25, 0.3) is 0 Å². The molecule has 1 unspecified atom stereocenters. The van der Waals surface area contributed by atoms with E-state index in [-0.39, 0.29) is 6.04 Å². The number of hydrogen-bond acceptors (Lipinski definition) is 2. The summed E-state index contributed by atoms with van der Waals surface area (Å²) in [6.45, 7) is 7.45. The molecule has 0 spiro atoms. The maximum absolute atomic E-state index is 12.7. The van der Waals surface area contributed by atoms with E-state index in [0.717, 1.165) is 38.5 Å². The maximum atomic E-state index is 12.7. The van der Waals surface area contributed by atoms with Gasteiger partial charge in [-0.3, -0.25) is 0 Å².